The predicted molar refractivity (Wildman–Crippen MR) is 69.1 cm³/mol. The summed E-state index contributed by atoms with van der Waals surface area (Å²) in [6, 6.07) is 7.86. The van der Waals surface area contributed by atoms with Gasteiger partial charge in [0.05, 0.1) is 10.7 Å². The minimum atomic E-state index is 0.759. The number of nitrogens with zero attached hydrogens (tertiary/aromatic N) is 2. The Morgan fingerprint density at radius 1 is 1.35 bits per heavy atom. The number of benzene rings is 1. The van der Waals surface area contributed by atoms with Crippen molar-refractivity contribution in [3.05, 3.63) is 40.5 Å². The van der Waals surface area contributed by atoms with Crippen LogP contribution in [0.4, 0.5) is 0 Å². The van der Waals surface area contributed by atoms with E-state index in [1.54, 1.807) is 0 Å². The van der Waals surface area contributed by atoms with Gasteiger partial charge in [-0.1, -0.05) is 29.8 Å². The summed E-state index contributed by atoms with van der Waals surface area (Å²) in [5.41, 5.74) is 4.55. The molecule has 0 saturated heterocycles. The Morgan fingerprint density at radius 2 is 2.18 bits per heavy atom. The Labute approximate surface area is 105 Å². The van der Waals surface area contributed by atoms with Crippen LogP contribution in [0.5, 0.6) is 0 Å². The summed E-state index contributed by atoms with van der Waals surface area (Å²) in [6.45, 7) is 2.02. The van der Waals surface area contributed by atoms with Crippen LogP contribution >= 0.6 is 11.6 Å². The van der Waals surface area contributed by atoms with Crippen molar-refractivity contribution < 1.29 is 0 Å². The van der Waals surface area contributed by atoms with Crippen molar-refractivity contribution in [2.45, 2.75) is 13.0 Å². The van der Waals surface area contributed by atoms with Crippen LogP contribution in [-0.4, -0.2) is 28.7 Å². The lowest BCUT2D eigenvalue weighted by Crippen LogP contribution is -2.26. The van der Waals surface area contributed by atoms with Crippen LogP contribution < -0.4 is 0 Å². The first-order chi connectivity index (χ1) is 8.25. The third kappa shape index (κ3) is 1.85. The first-order valence-electron chi connectivity index (χ1n) is 5.75. The second-order valence-electron chi connectivity index (χ2n) is 4.50. The van der Waals surface area contributed by atoms with Gasteiger partial charge in [0.15, 0.2) is 0 Å². The molecular formula is C13H14ClN3. The van der Waals surface area contributed by atoms with E-state index in [1.165, 1.54) is 11.3 Å². The van der Waals surface area contributed by atoms with E-state index in [2.05, 4.69) is 22.1 Å². The highest BCUT2D eigenvalue weighted by molar-refractivity contribution is 6.33. The summed E-state index contributed by atoms with van der Waals surface area (Å²) in [6.07, 6.45) is 1.03. The monoisotopic (exact) mass is 247 g/mol. The van der Waals surface area contributed by atoms with Crippen LogP contribution in [0, 0.1) is 0 Å². The first kappa shape index (κ1) is 10.8. The number of aromatic amines is 1. The molecule has 1 aromatic carbocycles. The topological polar surface area (TPSA) is 31.9 Å². The zero-order chi connectivity index (χ0) is 11.8. The molecule has 0 spiro atoms. The van der Waals surface area contributed by atoms with Gasteiger partial charge >= 0.3 is 0 Å². The van der Waals surface area contributed by atoms with Crippen molar-refractivity contribution in [2.24, 2.45) is 0 Å². The standard InChI is InChI=1S/C13H14ClN3/c1-17-7-6-12-10(8-17)13(16-15-12)9-4-2-3-5-11(9)14/h2-5H,6-8H2,1H3,(H,15,16). The van der Waals surface area contributed by atoms with E-state index in [0.29, 0.717) is 0 Å². The molecule has 0 radical (unpaired) electrons. The third-order valence-corrected chi connectivity index (χ3v) is 3.58. The van der Waals surface area contributed by atoms with E-state index in [0.717, 1.165) is 35.8 Å². The molecule has 3 rings (SSSR count). The summed E-state index contributed by atoms with van der Waals surface area (Å²) in [5, 5.41) is 8.32. The average Bonchev–Trinajstić information content (AvgIpc) is 2.72. The van der Waals surface area contributed by atoms with E-state index in [-0.39, 0.29) is 0 Å². The minimum absolute atomic E-state index is 0.759. The van der Waals surface area contributed by atoms with Gasteiger partial charge in [-0.2, -0.15) is 5.10 Å². The Morgan fingerprint density at radius 3 is 3.00 bits per heavy atom. The van der Waals surface area contributed by atoms with Gasteiger partial charge in [0.25, 0.3) is 0 Å². The SMILES string of the molecule is CN1CCc2[nH]nc(-c3ccccc3Cl)c2C1. The summed E-state index contributed by atoms with van der Waals surface area (Å²) >= 11 is 6.23. The van der Waals surface area contributed by atoms with Crippen LogP contribution in [0.3, 0.4) is 0 Å². The maximum atomic E-state index is 6.23. The summed E-state index contributed by atoms with van der Waals surface area (Å²) < 4.78 is 0. The number of rotatable bonds is 1. The maximum absolute atomic E-state index is 6.23. The van der Waals surface area contributed by atoms with Crippen LogP contribution in [0.1, 0.15) is 11.3 Å². The average molecular weight is 248 g/mol. The largest absolute Gasteiger partial charge is 0.302 e. The molecule has 0 amide bonds. The van der Waals surface area contributed by atoms with Gasteiger partial charge in [-0.15, -0.1) is 0 Å². The molecule has 0 fully saturated rings. The highest BCUT2D eigenvalue weighted by Gasteiger charge is 2.21. The van der Waals surface area contributed by atoms with Crippen molar-refractivity contribution in [3.63, 3.8) is 0 Å². The fourth-order valence-corrected chi connectivity index (χ4v) is 2.53. The normalized spacial score (nSPS) is 15.9. The Hall–Kier alpha value is -1.32. The van der Waals surface area contributed by atoms with Crippen LogP contribution in [0.2, 0.25) is 5.02 Å². The summed E-state index contributed by atoms with van der Waals surface area (Å²) in [5.74, 6) is 0. The van der Waals surface area contributed by atoms with Crippen molar-refractivity contribution in [1.82, 2.24) is 15.1 Å². The van der Waals surface area contributed by atoms with Crippen molar-refractivity contribution in [3.8, 4) is 11.3 Å². The molecule has 0 atom stereocenters. The minimum Gasteiger partial charge on any atom is -0.302 e. The molecule has 1 N–H and O–H groups in total. The second-order valence-corrected chi connectivity index (χ2v) is 4.90. The van der Waals surface area contributed by atoms with E-state index in [4.69, 9.17) is 11.6 Å². The van der Waals surface area contributed by atoms with Crippen molar-refractivity contribution in [1.29, 1.82) is 0 Å². The van der Waals surface area contributed by atoms with Gasteiger partial charge in [-0.05, 0) is 13.1 Å². The quantitative estimate of drug-likeness (QED) is 0.840. The lowest BCUT2D eigenvalue weighted by atomic mass is 10.0. The highest BCUT2D eigenvalue weighted by atomic mass is 35.5. The molecule has 17 heavy (non-hydrogen) atoms. The van der Waals surface area contributed by atoms with E-state index >= 15 is 0 Å². The fourth-order valence-electron chi connectivity index (χ4n) is 2.31. The molecule has 3 nitrogen and oxygen atoms in total. The molecule has 1 aliphatic rings. The Balaban J connectivity index is 2.11. The number of nitrogens with one attached hydrogen (secondary N) is 1. The molecule has 1 aromatic heterocycles. The zero-order valence-corrected chi connectivity index (χ0v) is 10.5. The second kappa shape index (κ2) is 4.17. The van der Waals surface area contributed by atoms with E-state index < -0.39 is 0 Å². The van der Waals surface area contributed by atoms with Crippen LogP contribution in [0.25, 0.3) is 11.3 Å². The lowest BCUT2D eigenvalue weighted by molar-refractivity contribution is 0.312. The molecule has 2 aromatic rings. The first-order valence-corrected chi connectivity index (χ1v) is 6.13. The third-order valence-electron chi connectivity index (χ3n) is 3.25. The van der Waals surface area contributed by atoms with Crippen molar-refractivity contribution in [2.75, 3.05) is 13.6 Å². The van der Waals surface area contributed by atoms with Gasteiger partial charge < -0.3 is 4.90 Å². The lowest BCUT2D eigenvalue weighted by Gasteiger charge is -2.22. The van der Waals surface area contributed by atoms with Gasteiger partial charge in [-0.25, -0.2) is 0 Å². The van der Waals surface area contributed by atoms with Gasteiger partial charge in [0.1, 0.15) is 0 Å². The number of hydrogen-bond donors (Lipinski definition) is 1. The van der Waals surface area contributed by atoms with E-state index in [9.17, 15) is 0 Å². The maximum Gasteiger partial charge on any atom is 0.0983 e. The number of halogens is 1. The molecule has 0 unspecified atom stereocenters. The summed E-state index contributed by atoms with van der Waals surface area (Å²) in [7, 11) is 2.13. The van der Waals surface area contributed by atoms with E-state index in [1.807, 2.05) is 24.3 Å². The fraction of sp³-hybridized carbons (Fsp3) is 0.308. The van der Waals surface area contributed by atoms with Gasteiger partial charge in [0, 0.05) is 36.3 Å². The van der Waals surface area contributed by atoms with Gasteiger partial charge in [-0.3, -0.25) is 5.10 Å². The van der Waals surface area contributed by atoms with Gasteiger partial charge in [0.2, 0.25) is 0 Å². The zero-order valence-electron chi connectivity index (χ0n) is 9.70. The molecular weight excluding hydrogens is 234 g/mol. The van der Waals surface area contributed by atoms with Crippen LogP contribution in [0.15, 0.2) is 24.3 Å². The molecule has 4 heteroatoms. The number of H-pyrrole nitrogens is 1. The molecule has 0 saturated carbocycles. The molecule has 0 aliphatic carbocycles. The summed E-state index contributed by atoms with van der Waals surface area (Å²) in [4.78, 5) is 2.30. The van der Waals surface area contributed by atoms with Crippen LogP contribution in [-0.2, 0) is 13.0 Å². The number of fused-ring (bicyclic) bond motifs is 1. The Bertz CT molecular complexity index is 547. The number of aromatic nitrogens is 2. The molecule has 1 aliphatic heterocycles. The smallest absolute Gasteiger partial charge is 0.0983 e. The highest BCUT2D eigenvalue weighted by Crippen LogP contribution is 2.32. The Kier molecular flexibility index (Phi) is 2.65. The predicted octanol–water partition coefficient (Wildman–Crippen LogP) is 2.72. The molecule has 88 valence electrons. The van der Waals surface area contributed by atoms with Crippen molar-refractivity contribution >= 4 is 11.6 Å². The number of hydrogen-bond acceptors (Lipinski definition) is 2. The molecule has 0 bridgehead atoms. The molecule has 2 heterocycles. The number of likely N-dealkylation sites (N-methyl/N-ethyl adjacent to an activating group) is 1.